The molecule has 5 nitrogen and oxygen atoms in total. The number of amides is 1. The average molecular weight is 483 g/mol. The maximum atomic E-state index is 13.1. The third kappa shape index (κ3) is 5.74. The fourth-order valence-electron chi connectivity index (χ4n) is 3.12. The molecule has 0 bridgehead atoms. The molecule has 0 atom stereocenters. The first kappa shape index (κ1) is 22.9. The first-order valence-electron chi connectivity index (χ1n) is 10.0. The molecule has 0 aliphatic carbocycles. The third-order valence-corrected chi connectivity index (χ3v) is 5.97. The topological polar surface area (TPSA) is 59.9 Å². The largest absolute Gasteiger partial charge is 0.493 e. The number of nitrogens with zero attached hydrogens (tertiary/aromatic N) is 1. The Kier molecular flexibility index (Phi) is 7.01. The molecule has 0 radical (unpaired) electrons. The highest BCUT2D eigenvalue weighted by Crippen LogP contribution is 2.33. The minimum Gasteiger partial charge on any atom is -0.493 e. The summed E-state index contributed by atoms with van der Waals surface area (Å²) in [5.41, 5.74) is 3.28. The molecule has 0 spiro atoms. The number of halogens is 2. The number of nitrogens with one attached hydrogen (secondary N) is 1. The second-order valence-corrected chi connectivity index (χ2v) is 8.71. The maximum absolute atomic E-state index is 13.1. The number of methoxy groups -OCH3 is 1. The second kappa shape index (κ2) is 10.1. The van der Waals surface area contributed by atoms with Gasteiger partial charge in [0.25, 0.3) is 5.91 Å². The molecule has 1 aliphatic rings. The highest BCUT2D eigenvalue weighted by molar-refractivity contribution is 8.18. The Morgan fingerprint density at radius 1 is 1.09 bits per heavy atom. The summed E-state index contributed by atoms with van der Waals surface area (Å²) in [6.45, 7) is 2.19. The van der Waals surface area contributed by atoms with Gasteiger partial charge in [0, 0.05) is 5.02 Å². The van der Waals surface area contributed by atoms with Crippen molar-refractivity contribution in [2.24, 2.45) is 4.99 Å². The number of hydrogen-bond donors (Lipinski definition) is 1. The van der Waals surface area contributed by atoms with Crippen molar-refractivity contribution in [3.05, 3.63) is 93.1 Å². The molecule has 1 saturated heterocycles. The van der Waals surface area contributed by atoms with E-state index in [1.165, 1.54) is 23.9 Å². The molecule has 1 fully saturated rings. The highest BCUT2D eigenvalue weighted by atomic mass is 35.5. The van der Waals surface area contributed by atoms with Crippen molar-refractivity contribution >= 4 is 46.2 Å². The zero-order valence-corrected chi connectivity index (χ0v) is 19.5. The van der Waals surface area contributed by atoms with E-state index in [9.17, 15) is 9.18 Å². The minimum absolute atomic E-state index is 0.221. The van der Waals surface area contributed by atoms with Crippen LogP contribution in [0.2, 0.25) is 5.02 Å². The van der Waals surface area contributed by atoms with Gasteiger partial charge in [0.15, 0.2) is 16.7 Å². The average Bonchev–Trinajstić information content (AvgIpc) is 3.14. The highest BCUT2D eigenvalue weighted by Gasteiger charge is 2.24. The van der Waals surface area contributed by atoms with Gasteiger partial charge in [0.2, 0.25) is 0 Å². The Bertz CT molecular complexity index is 1260. The zero-order valence-electron chi connectivity index (χ0n) is 17.9. The van der Waals surface area contributed by atoms with E-state index in [4.69, 9.17) is 21.1 Å². The number of carbonyl (C=O) groups is 1. The van der Waals surface area contributed by atoms with Crippen molar-refractivity contribution in [2.75, 3.05) is 7.11 Å². The number of thioether (sulfide) groups is 1. The van der Waals surface area contributed by atoms with Gasteiger partial charge in [0.1, 0.15) is 12.4 Å². The van der Waals surface area contributed by atoms with Crippen LogP contribution in [0.4, 0.5) is 10.1 Å². The number of benzene rings is 3. The monoisotopic (exact) mass is 482 g/mol. The first-order chi connectivity index (χ1) is 15.9. The van der Waals surface area contributed by atoms with Gasteiger partial charge in [-0.1, -0.05) is 29.8 Å². The molecule has 0 unspecified atom stereocenters. The van der Waals surface area contributed by atoms with Crippen molar-refractivity contribution in [1.82, 2.24) is 5.32 Å². The predicted molar refractivity (Wildman–Crippen MR) is 131 cm³/mol. The third-order valence-electron chi connectivity index (χ3n) is 4.82. The summed E-state index contributed by atoms with van der Waals surface area (Å²) in [6, 6.07) is 16.9. The smallest absolute Gasteiger partial charge is 0.264 e. The van der Waals surface area contributed by atoms with Crippen LogP contribution in [0.15, 0.2) is 70.6 Å². The standard InChI is InChI=1S/C25H20ClFN2O3S/c1-15-11-18(26)6-9-20(15)28-25-29-24(30)23(33-25)13-17-5-10-21(22(12-17)31-2)32-14-16-3-7-19(27)8-4-16/h3-13H,14H2,1-2H3,(H,28,29,30)/b23-13-. The molecule has 168 valence electrons. The van der Waals surface area contributed by atoms with Crippen LogP contribution in [0.25, 0.3) is 6.08 Å². The number of rotatable bonds is 6. The van der Waals surface area contributed by atoms with Crippen molar-refractivity contribution in [3.63, 3.8) is 0 Å². The number of ether oxygens (including phenoxy) is 2. The lowest BCUT2D eigenvalue weighted by atomic mass is 10.2. The van der Waals surface area contributed by atoms with Gasteiger partial charge in [-0.2, -0.15) is 0 Å². The fraction of sp³-hybridized carbons (Fsp3) is 0.120. The molecular weight excluding hydrogens is 463 g/mol. The van der Waals surface area contributed by atoms with Crippen LogP contribution in [0.3, 0.4) is 0 Å². The van der Waals surface area contributed by atoms with Crippen molar-refractivity contribution in [1.29, 1.82) is 0 Å². The molecule has 1 amide bonds. The van der Waals surface area contributed by atoms with Crippen LogP contribution < -0.4 is 14.8 Å². The lowest BCUT2D eigenvalue weighted by Crippen LogP contribution is -2.19. The van der Waals surface area contributed by atoms with Gasteiger partial charge in [-0.25, -0.2) is 9.38 Å². The molecule has 1 aliphatic heterocycles. The van der Waals surface area contributed by atoms with E-state index in [1.807, 2.05) is 25.1 Å². The summed E-state index contributed by atoms with van der Waals surface area (Å²) in [5.74, 6) is 0.563. The molecule has 33 heavy (non-hydrogen) atoms. The lowest BCUT2D eigenvalue weighted by molar-refractivity contribution is -0.115. The minimum atomic E-state index is -0.293. The van der Waals surface area contributed by atoms with E-state index in [-0.39, 0.29) is 18.3 Å². The Hall–Kier alpha value is -3.29. The number of amidine groups is 1. The number of hydrogen-bond acceptors (Lipinski definition) is 5. The van der Waals surface area contributed by atoms with Crippen LogP contribution in [-0.4, -0.2) is 18.2 Å². The summed E-state index contributed by atoms with van der Waals surface area (Å²) >= 11 is 7.26. The summed E-state index contributed by atoms with van der Waals surface area (Å²) < 4.78 is 24.3. The Balaban J connectivity index is 1.49. The van der Waals surface area contributed by atoms with E-state index in [0.29, 0.717) is 26.6 Å². The second-order valence-electron chi connectivity index (χ2n) is 7.24. The molecule has 4 rings (SSSR count). The molecule has 0 aromatic heterocycles. The summed E-state index contributed by atoms with van der Waals surface area (Å²) in [4.78, 5) is 17.5. The molecule has 1 heterocycles. The van der Waals surface area contributed by atoms with Gasteiger partial charge in [-0.3, -0.25) is 4.79 Å². The van der Waals surface area contributed by atoms with Crippen molar-refractivity contribution in [3.8, 4) is 11.5 Å². The first-order valence-corrected chi connectivity index (χ1v) is 11.2. The SMILES string of the molecule is COc1cc(/C=C2\SC(=Nc3ccc(Cl)cc3C)NC2=O)ccc1OCc1ccc(F)cc1. The van der Waals surface area contributed by atoms with Crippen LogP contribution in [-0.2, 0) is 11.4 Å². The molecule has 0 saturated carbocycles. The van der Waals surface area contributed by atoms with E-state index in [2.05, 4.69) is 10.3 Å². The maximum Gasteiger partial charge on any atom is 0.264 e. The van der Waals surface area contributed by atoms with E-state index < -0.39 is 0 Å². The Morgan fingerprint density at radius 2 is 1.88 bits per heavy atom. The van der Waals surface area contributed by atoms with Crippen molar-refractivity contribution < 1.29 is 18.7 Å². The zero-order chi connectivity index (χ0) is 23.4. The van der Waals surface area contributed by atoms with Gasteiger partial charge < -0.3 is 14.8 Å². The lowest BCUT2D eigenvalue weighted by Gasteiger charge is -2.11. The predicted octanol–water partition coefficient (Wildman–Crippen LogP) is 6.27. The van der Waals surface area contributed by atoms with Crippen LogP contribution in [0.1, 0.15) is 16.7 Å². The van der Waals surface area contributed by atoms with Crippen LogP contribution >= 0.6 is 23.4 Å². The summed E-state index contributed by atoms with van der Waals surface area (Å²) in [5, 5.41) is 3.93. The summed E-state index contributed by atoms with van der Waals surface area (Å²) in [7, 11) is 1.55. The normalized spacial score (nSPS) is 15.7. The van der Waals surface area contributed by atoms with Crippen LogP contribution in [0, 0.1) is 12.7 Å². The molecule has 3 aromatic carbocycles. The van der Waals surface area contributed by atoms with Gasteiger partial charge in [-0.05, 0) is 83.9 Å². The molecule has 8 heteroatoms. The van der Waals surface area contributed by atoms with E-state index in [0.717, 1.165) is 22.4 Å². The Morgan fingerprint density at radius 3 is 2.61 bits per heavy atom. The van der Waals surface area contributed by atoms with E-state index in [1.54, 1.807) is 43.5 Å². The van der Waals surface area contributed by atoms with Gasteiger partial charge >= 0.3 is 0 Å². The molecular formula is C25H20ClFN2O3S. The number of aliphatic imine (C=N–C) groups is 1. The van der Waals surface area contributed by atoms with Gasteiger partial charge in [-0.15, -0.1) is 0 Å². The van der Waals surface area contributed by atoms with Crippen molar-refractivity contribution in [2.45, 2.75) is 13.5 Å². The van der Waals surface area contributed by atoms with Crippen LogP contribution in [0.5, 0.6) is 11.5 Å². The fourth-order valence-corrected chi connectivity index (χ4v) is 4.18. The molecule has 3 aromatic rings. The van der Waals surface area contributed by atoms with Gasteiger partial charge in [0.05, 0.1) is 17.7 Å². The number of aryl methyl sites for hydroxylation is 1. The Labute approximate surface area is 200 Å². The summed E-state index contributed by atoms with van der Waals surface area (Å²) in [6.07, 6.45) is 1.77. The number of carbonyl (C=O) groups excluding carboxylic acids is 1. The quantitative estimate of drug-likeness (QED) is 0.421. The molecule has 1 N–H and O–H groups in total. The van der Waals surface area contributed by atoms with E-state index >= 15 is 0 Å².